The fourth-order valence-corrected chi connectivity index (χ4v) is 3.27. The monoisotopic (exact) mass is 457 g/mol. The van der Waals surface area contributed by atoms with Gasteiger partial charge in [0.2, 0.25) is 0 Å². The normalized spacial score (nSPS) is 12.0. The van der Waals surface area contributed by atoms with E-state index in [-0.39, 0.29) is 17.1 Å². The van der Waals surface area contributed by atoms with Crippen LogP contribution in [0.4, 0.5) is 8.78 Å². The summed E-state index contributed by atoms with van der Waals surface area (Å²) in [6, 6.07) is 8.72. The van der Waals surface area contributed by atoms with Gasteiger partial charge in [-0.15, -0.1) is 0 Å². The van der Waals surface area contributed by atoms with E-state index in [1.807, 2.05) is 6.07 Å². The molecule has 0 aliphatic heterocycles. The van der Waals surface area contributed by atoms with Crippen LogP contribution in [0.2, 0.25) is 0 Å². The minimum Gasteiger partial charge on any atom is -0.496 e. The second kappa shape index (κ2) is 8.70. The number of hydrogen-bond donors (Lipinski definition) is 0. The number of alkyl halides is 2. The lowest BCUT2D eigenvalue weighted by Crippen LogP contribution is -2.25. The number of halogens is 2. The molecule has 0 radical (unpaired) electrons. The molecule has 33 heavy (non-hydrogen) atoms. The van der Waals surface area contributed by atoms with Gasteiger partial charge in [-0.1, -0.05) is 6.07 Å². The van der Waals surface area contributed by atoms with Crippen LogP contribution < -0.4 is 9.47 Å². The van der Waals surface area contributed by atoms with Crippen molar-refractivity contribution in [1.82, 2.24) is 9.61 Å². The van der Waals surface area contributed by atoms with Crippen LogP contribution in [0.15, 0.2) is 36.7 Å². The minimum absolute atomic E-state index is 0.0268. The number of pyridine rings is 1. The smallest absolute Gasteiger partial charge is 0.387 e. The van der Waals surface area contributed by atoms with Crippen LogP contribution in [0.25, 0.3) is 16.6 Å². The number of ether oxygens (including phenoxy) is 3. The molecule has 1 aromatic carbocycles. The zero-order valence-electron chi connectivity index (χ0n) is 19.3. The van der Waals surface area contributed by atoms with Gasteiger partial charge in [-0.3, -0.25) is 0 Å². The lowest BCUT2D eigenvalue weighted by Gasteiger charge is -2.22. The summed E-state index contributed by atoms with van der Waals surface area (Å²) in [7, 11) is 1.32. The standard InChI is InChI=1S/C24H25F2N3O4/c1-23(2,3)33-21(30)20-18(31-6)9-14(10-19(20)32-22(25)26)16-11-28-29-12-15(7-8-17(16)29)24(4,5)13-27/h7-12,22H,1-6H3. The maximum absolute atomic E-state index is 13.2. The average Bonchev–Trinajstić information content (AvgIpc) is 3.14. The van der Waals surface area contributed by atoms with E-state index in [4.69, 9.17) is 9.47 Å². The van der Waals surface area contributed by atoms with Crippen molar-refractivity contribution >= 4 is 11.5 Å². The number of nitriles is 1. The minimum atomic E-state index is -3.16. The summed E-state index contributed by atoms with van der Waals surface area (Å²) in [6.45, 7) is 5.44. The number of methoxy groups -OCH3 is 1. The van der Waals surface area contributed by atoms with Gasteiger partial charge in [0.05, 0.1) is 30.3 Å². The first kappa shape index (κ1) is 24.0. The average molecular weight is 457 g/mol. The predicted octanol–water partition coefficient (Wildman–Crippen LogP) is 5.37. The third-order valence-electron chi connectivity index (χ3n) is 4.93. The number of fused-ring (bicyclic) bond motifs is 1. The SMILES string of the molecule is COc1cc(-c2cnn3cc(C(C)(C)C#N)ccc23)cc(OC(F)F)c1C(=O)OC(C)(C)C. The quantitative estimate of drug-likeness (QED) is 0.463. The molecule has 3 aromatic rings. The fourth-order valence-electron chi connectivity index (χ4n) is 3.27. The van der Waals surface area contributed by atoms with Gasteiger partial charge in [0.1, 0.15) is 22.7 Å². The maximum Gasteiger partial charge on any atom is 0.387 e. The summed E-state index contributed by atoms with van der Waals surface area (Å²) in [6.07, 6.45) is 3.30. The number of carbonyl (C=O) groups is 1. The number of aromatic nitrogens is 2. The maximum atomic E-state index is 13.2. The van der Waals surface area contributed by atoms with Crippen molar-refractivity contribution in [2.24, 2.45) is 0 Å². The number of esters is 1. The zero-order valence-corrected chi connectivity index (χ0v) is 19.3. The number of hydrogen-bond acceptors (Lipinski definition) is 6. The van der Waals surface area contributed by atoms with E-state index in [2.05, 4.69) is 15.9 Å². The van der Waals surface area contributed by atoms with Gasteiger partial charge in [-0.25, -0.2) is 9.31 Å². The second-order valence-electron chi connectivity index (χ2n) is 8.97. The highest BCUT2D eigenvalue weighted by Gasteiger charge is 2.28. The van der Waals surface area contributed by atoms with E-state index in [9.17, 15) is 18.8 Å². The van der Waals surface area contributed by atoms with Crippen molar-refractivity contribution in [3.8, 4) is 28.7 Å². The largest absolute Gasteiger partial charge is 0.496 e. The Kier molecular flexibility index (Phi) is 6.32. The van der Waals surface area contributed by atoms with E-state index in [1.54, 1.807) is 63.7 Å². The Labute approximate surface area is 190 Å². The van der Waals surface area contributed by atoms with Gasteiger partial charge < -0.3 is 14.2 Å². The molecule has 9 heteroatoms. The van der Waals surface area contributed by atoms with Gasteiger partial charge in [-0.05, 0) is 63.9 Å². The molecule has 0 N–H and O–H groups in total. The number of benzene rings is 1. The van der Waals surface area contributed by atoms with Crippen LogP contribution in [0.3, 0.4) is 0 Å². The summed E-state index contributed by atoms with van der Waals surface area (Å²) in [4.78, 5) is 12.7. The molecular weight excluding hydrogens is 432 g/mol. The fraction of sp³-hybridized carbons (Fsp3) is 0.375. The second-order valence-corrected chi connectivity index (χ2v) is 8.97. The zero-order chi connectivity index (χ0) is 24.6. The van der Waals surface area contributed by atoms with E-state index in [0.29, 0.717) is 16.6 Å². The van der Waals surface area contributed by atoms with Crippen LogP contribution >= 0.6 is 0 Å². The van der Waals surface area contributed by atoms with Gasteiger partial charge in [-0.2, -0.15) is 19.1 Å². The number of rotatable bonds is 6. The number of nitrogens with zero attached hydrogens (tertiary/aromatic N) is 3. The molecule has 2 heterocycles. The topological polar surface area (TPSA) is 85.9 Å². The molecule has 0 saturated heterocycles. The molecular formula is C24H25F2N3O4. The highest BCUT2D eigenvalue weighted by atomic mass is 19.3. The van der Waals surface area contributed by atoms with E-state index in [1.165, 1.54) is 13.2 Å². The Hall–Kier alpha value is -3.67. The molecule has 0 aliphatic rings. The molecule has 0 aliphatic carbocycles. The first-order valence-electron chi connectivity index (χ1n) is 10.2. The highest BCUT2D eigenvalue weighted by molar-refractivity contribution is 5.98. The van der Waals surface area contributed by atoms with Crippen molar-refractivity contribution in [2.45, 2.75) is 52.2 Å². The van der Waals surface area contributed by atoms with Crippen LogP contribution in [0.5, 0.6) is 11.5 Å². The van der Waals surface area contributed by atoms with Gasteiger partial charge in [0, 0.05) is 11.8 Å². The molecule has 2 aromatic heterocycles. The molecule has 0 fully saturated rings. The van der Waals surface area contributed by atoms with Crippen LogP contribution in [0, 0.1) is 11.3 Å². The van der Waals surface area contributed by atoms with E-state index >= 15 is 0 Å². The van der Waals surface area contributed by atoms with Gasteiger partial charge >= 0.3 is 12.6 Å². The van der Waals surface area contributed by atoms with Crippen LogP contribution in [-0.2, 0) is 10.2 Å². The van der Waals surface area contributed by atoms with Crippen LogP contribution in [-0.4, -0.2) is 34.9 Å². The summed E-state index contributed by atoms with van der Waals surface area (Å²) >= 11 is 0. The molecule has 0 spiro atoms. The molecule has 3 rings (SSSR count). The van der Waals surface area contributed by atoms with Crippen molar-refractivity contribution in [1.29, 1.82) is 5.26 Å². The van der Waals surface area contributed by atoms with Crippen molar-refractivity contribution in [3.05, 3.63) is 47.8 Å². The first-order chi connectivity index (χ1) is 15.4. The Morgan fingerprint density at radius 3 is 2.39 bits per heavy atom. The Morgan fingerprint density at radius 2 is 1.82 bits per heavy atom. The number of carbonyl (C=O) groups excluding carboxylic acids is 1. The van der Waals surface area contributed by atoms with Crippen molar-refractivity contribution in [2.75, 3.05) is 7.11 Å². The van der Waals surface area contributed by atoms with Gasteiger partial charge in [0.25, 0.3) is 0 Å². The lowest BCUT2D eigenvalue weighted by molar-refractivity contribution is -0.0509. The Morgan fingerprint density at radius 1 is 1.15 bits per heavy atom. The lowest BCUT2D eigenvalue weighted by atomic mass is 9.87. The molecule has 174 valence electrons. The molecule has 0 bridgehead atoms. The molecule has 7 nitrogen and oxygen atoms in total. The van der Waals surface area contributed by atoms with Gasteiger partial charge in [0.15, 0.2) is 0 Å². The third kappa shape index (κ3) is 5.06. The predicted molar refractivity (Wildman–Crippen MR) is 118 cm³/mol. The Balaban J connectivity index is 2.17. The summed E-state index contributed by atoms with van der Waals surface area (Å²) in [5, 5.41) is 13.7. The molecule has 0 saturated carbocycles. The molecule has 0 amide bonds. The van der Waals surface area contributed by atoms with Crippen molar-refractivity contribution in [3.63, 3.8) is 0 Å². The molecule has 0 unspecified atom stereocenters. The van der Waals surface area contributed by atoms with E-state index in [0.717, 1.165) is 5.56 Å². The summed E-state index contributed by atoms with van der Waals surface area (Å²) < 4.78 is 43.4. The summed E-state index contributed by atoms with van der Waals surface area (Å²) in [5.74, 6) is -1.18. The first-order valence-corrected chi connectivity index (χ1v) is 10.2. The third-order valence-corrected chi connectivity index (χ3v) is 4.93. The molecule has 0 atom stereocenters. The highest BCUT2D eigenvalue weighted by Crippen LogP contribution is 2.38. The van der Waals surface area contributed by atoms with Crippen molar-refractivity contribution < 1.29 is 27.8 Å². The van der Waals surface area contributed by atoms with E-state index < -0.39 is 23.6 Å². The van der Waals surface area contributed by atoms with Crippen LogP contribution in [0.1, 0.15) is 50.5 Å². The Bertz CT molecular complexity index is 1240. The summed E-state index contributed by atoms with van der Waals surface area (Å²) in [5.41, 5.74) is 0.707.